The Morgan fingerprint density at radius 2 is 1.93 bits per heavy atom. The minimum atomic E-state index is -0.438. The van der Waals surface area contributed by atoms with Gasteiger partial charge in [0, 0.05) is 22.5 Å². The summed E-state index contributed by atoms with van der Waals surface area (Å²) >= 11 is 1.52. The predicted molar refractivity (Wildman–Crippen MR) is 104 cm³/mol. The van der Waals surface area contributed by atoms with Gasteiger partial charge in [-0.1, -0.05) is 36.4 Å². The number of benzene rings is 2. The van der Waals surface area contributed by atoms with Crippen LogP contribution in [0, 0.1) is 5.92 Å². The Morgan fingerprint density at radius 1 is 1.11 bits per heavy atom. The number of thiazole rings is 1. The third-order valence-corrected chi connectivity index (χ3v) is 5.18. The van der Waals surface area contributed by atoms with Crippen LogP contribution in [0.3, 0.4) is 0 Å². The Labute approximate surface area is 161 Å². The van der Waals surface area contributed by atoms with Gasteiger partial charge in [-0.05, 0) is 31.0 Å². The SMILES string of the molecule is O=C(OCc1csc(-c2ccccc2)n1)c1cccc(NC(=O)C2CC2)c1. The quantitative estimate of drug-likeness (QED) is 0.641. The maximum absolute atomic E-state index is 12.3. The molecule has 3 aromatic rings. The number of hydrogen-bond donors (Lipinski definition) is 1. The van der Waals surface area contributed by atoms with Gasteiger partial charge in [0.25, 0.3) is 0 Å². The number of nitrogens with one attached hydrogen (secondary N) is 1. The van der Waals surface area contributed by atoms with Gasteiger partial charge >= 0.3 is 5.97 Å². The van der Waals surface area contributed by atoms with Gasteiger partial charge in [0.2, 0.25) is 5.91 Å². The molecule has 0 radical (unpaired) electrons. The second kappa shape index (κ2) is 7.72. The van der Waals surface area contributed by atoms with E-state index in [1.807, 2.05) is 35.7 Å². The van der Waals surface area contributed by atoms with Crippen molar-refractivity contribution >= 4 is 28.9 Å². The van der Waals surface area contributed by atoms with E-state index >= 15 is 0 Å². The number of carbonyl (C=O) groups is 2. The molecule has 0 bridgehead atoms. The molecular formula is C21H18N2O3S. The maximum atomic E-state index is 12.3. The Bertz CT molecular complexity index is 964. The van der Waals surface area contributed by atoms with Crippen LogP contribution < -0.4 is 5.32 Å². The van der Waals surface area contributed by atoms with E-state index in [1.54, 1.807) is 24.3 Å². The van der Waals surface area contributed by atoms with E-state index in [4.69, 9.17) is 4.74 Å². The first-order valence-electron chi connectivity index (χ1n) is 8.77. The molecule has 0 spiro atoms. The summed E-state index contributed by atoms with van der Waals surface area (Å²) in [7, 11) is 0. The van der Waals surface area contributed by atoms with Gasteiger partial charge < -0.3 is 10.1 Å². The van der Waals surface area contributed by atoms with Crippen molar-refractivity contribution in [1.29, 1.82) is 0 Å². The van der Waals surface area contributed by atoms with Crippen molar-refractivity contribution in [2.24, 2.45) is 5.92 Å². The zero-order valence-corrected chi connectivity index (χ0v) is 15.4. The van der Waals surface area contributed by atoms with Gasteiger partial charge in [0.05, 0.1) is 11.3 Å². The molecule has 1 heterocycles. The number of hydrogen-bond acceptors (Lipinski definition) is 5. The van der Waals surface area contributed by atoms with Crippen LogP contribution in [0.4, 0.5) is 5.69 Å². The Kier molecular flexibility index (Phi) is 4.98. The molecular weight excluding hydrogens is 360 g/mol. The third-order valence-electron chi connectivity index (χ3n) is 4.24. The Balaban J connectivity index is 1.37. The Morgan fingerprint density at radius 3 is 2.70 bits per heavy atom. The molecule has 5 nitrogen and oxygen atoms in total. The number of rotatable bonds is 6. The molecule has 0 unspecified atom stereocenters. The van der Waals surface area contributed by atoms with Crippen LogP contribution in [0.25, 0.3) is 10.6 Å². The zero-order valence-electron chi connectivity index (χ0n) is 14.6. The monoisotopic (exact) mass is 378 g/mol. The average molecular weight is 378 g/mol. The maximum Gasteiger partial charge on any atom is 0.338 e. The standard InChI is InChI=1S/C21H18N2O3S/c24-19(14-9-10-14)22-17-8-4-7-16(11-17)21(25)26-12-18-13-27-20(23-18)15-5-2-1-3-6-15/h1-8,11,13-14H,9-10,12H2,(H,22,24). The van der Waals surface area contributed by atoms with E-state index in [2.05, 4.69) is 10.3 Å². The van der Waals surface area contributed by atoms with Crippen molar-refractivity contribution in [3.05, 3.63) is 71.2 Å². The van der Waals surface area contributed by atoms with Crippen molar-refractivity contribution in [3.63, 3.8) is 0 Å². The summed E-state index contributed by atoms with van der Waals surface area (Å²) in [6, 6.07) is 16.7. The second-order valence-electron chi connectivity index (χ2n) is 6.43. The smallest absolute Gasteiger partial charge is 0.338 e. The van der Waals surface area contributed by atoms with Gasteiger partial charge in [0.1, 0.15) is 11.6 Å². The first-order valence-corrected chi connectivity index (χ1v) is 9.65. The highest BCUT2D eigenvalue weighted by molar-refractivity contribution is 7.13. The van der Waals surface area contributed by atoms with Gasteiger partial charge in [-0.2, -0.15) is 0 Å². The molecule has 1 fully saturated rings. The molecule has 1 aliphatic carbocycles. The lowest BCUT2D eigenvalue weighted by molar-refractivity contribution is -0.117. The van der Waals surface area contributed by atoms with Crippen LogP contribution in [-0.2, 0) is 16.1 Å². The van der Waals surface area contributed by atoms with E-state index in [9.17, 15) is 9.59 Å². The summed E-state index contributed by atoms with van der Waals surface area (Å²) in [6.07, 6.45) is 1.87. The van der Waals surface area contributed by atoms with Crippen molar-refractivity contribution in [3.8, 4) is 10.6 Å². The third kappa shape index (κ3) is 4.41. The lowest BCUT2D eigenvalue weighted by Gasteiger charge is -2.07. The normalized spacial score (nSPS) is 13.2. The molecule has 0 saturated heterocycles. The highest BCUT2D eigenvalue weighted by Crippen LogP contribution is 2.30. The minimum absolute atomic E-state index is 0.0106. The van der Waals surface area contributed by atoms with Crippen molar-refractivity contribution in [2.45, 2.75) is 19.4 Å². The van der Waals surface area contributed by atoms with Crippen LogP contribution in [0.1, 0.15) is 28.9 Å². The highest BCUT2D eigenvalue weighted by atomic mass is 32.1. The van der Waals surface area contributed by atoms with Gasteiger partial charge in [-0.3, -0.25) is 4.79 Å². The van der Waals surface area contributed by atoms with Crippen LogP contribution >= 0.6 is 11.3 Å². The van der Waals surface area contributed by atoms with E-state index in [-0.39, 0.29) is 18.4 Å². The average Bonchev–Trinajstić information content (AvgIpc) is 3.45. The molecule has 1 aromatic heterocycles. The number of nitrogens with zero attached hydrogens (tertiary/aromatic N) is 1. The molecule has 6 heteroatoms. The lowest BCUT2D eigenvalue weighted by atomic mass is 10.2. The van der Waals surface area contributed by atoms with E-state index in [0.717, 1.165) is 23.4 Å². The van der Waals surface area contributed by atoms with E-state index in [1.165, 1.54) is 11.3 Å². The predicted octanol–water partition coefficient (Wildman–Crippen LogP) is 4.52. The number of carbonyl (C=O) groups excluding carboxylic acids is 2. The van der Waals surface area contributed by atoms with Crippen LogP contribution in [0.15, 0.2) is 60.0 Å². The zero-order chi connectivity index (χ0) is 18.6. The summed E-state index contributed by atoms with van der Waals surface area (Å²) in [6.45, 7) is 0.112. The van der Waals surface area contributed by atoms with Crippen molar-refractivity contribution in [2.75, 3.05) is 5.32 Å². The molecule has 136 valence electrons. The molecule has 0 aliphatic heterocycles. The summed E-state index contributed by atoms with van der Waals surface area (Å²) in [5, 5.41) is 5.62. The van der Waals surface area contributed by atoms with Crippen LogP contribution in [-0.4, -0.2) is 16.9 Å². The summed E-state index contributed by atoms with van der Waals surface area (Å²) in [4.78, 5) is 28.7. The molecule has 4 rings (SSSR count). The fraction of sp³-hybridized carbons (Fsp3) is 0.190. The molecule has 2 aromatic carbocycles. The Hall–Kier alpha value is -2.99. The first-order chi connectivity index (χ1) is 13.2. The molecule has 1 amide bonds. The van der Waals surface area contributed by atoms with Gasteiger partial charge in [0.15, 0.2) is 0 Å². The first kappa shape index (κ1) is 17.4. The van der Waals surface area contributed by atoms with Gasteiger partial charge in [-0.25, -0.2) is 9.78 Å². The summed E-state index contributed by atoms with van der Waals surface area (Å²) in [5.74, 6) is -0.313. The number of esters is 1. The number of amides is 1. The minimum Gasteiger partial charge on any atom is -0.456 e. The molecule has 0 atom stereocenters. The van der Waals surface area contributed by atoms with E-state index < -0.39 is 5.97 Å². The number of aromatic nitrogens is 1. The highest BCUT2D eigenvalue weighted by Gasteiger charge is 2.29. The largest absolute Gasteiger partial charge is 0.456 e. The fourth-order valence-electron chi connectivity index (χ4n) is 2.62. The van der Waals surface area contributed by atoms with Crippen molar-refractivity contribution in [1.82, 2.24) is 4.98 Å². The van der Waals surface area contributed by atoms with Gasteiger partial charge in [-0.15, -0.1) is 11.3 Å². The number of anilines is 1. The summed E-state index contributed by atoms with van der Waals surface area (Å²) < 4.78 is 5.38. The molecule has 1 N–H and O–H groups in total. The molecule has 1 saturated carbocycles. The molecule has 27 heavy (non-hydrogen) atoms. The summed E-state index contributed by atoms with van der Waals surface area (Å²) in [5.41, 5.74) is 2.77. The van der Waals surface area contributed by atoms with Crippen molar-refractivity contribution < 1.29 is 14.3 Å². The molecule has 1 aliphatic rings. The second-order valence-corrected chi connectivity index (χ2v) is 7.29. The van der Waals surface area contributed by atoms with Crippen LogP contribution in [0.5, 0.6) is 0 Å². The lowest BCUT2D eigenvalue weighted by Crippen LogP contribution is -2.14. The topological polar surface area (TPSA) is 68.3 Å². The number of ether oxygens (including phenoxy) is 1. The van der Waals surface area contributed by atoms with E-state index in [0.29, 0.717) is 16.9 Å². The fourth-order valence-corrected chi connectivity index (χ4v) is 3.43. The van der Waals surface area contributed by atoms with Crippen LogP contribution in [0.2, 0.25) is 0 Å².